The Bertz CT molecular complexity index is 330. The van der Waals surface area contributed by atoms with Crippen LogP contribution in [0.4, 0.5) is 0 Å². The van der Waals surface area contributed by atoms with Crippen LogP contribution in [0.15, 0.2) is 0 Å². The molecule has 4 heteroatoms. The number of carbonyl (C=O) groups is 1. The smallest absolute Gasteiger partial charge is 0.323 e. The fourth-order valence-electron chi connectivity index (χ4n) is 3.51. The summed E-state index contributed by atoms with van der Waals surface area (Å²) in [6.45, 7) is 6.27. The van der Waals surface area contributed by atoms with Crippen molar-refractivity contribution in [2.45, 2.75) is 82.8 Å². The average molecular weight is 282 g/mol. The molecule has 20 heavy (non-hydrogen) atoms. The van der Waals surface area contributed by atoms with Crippen molar-refractivity contribution in [1.82, 2.24) is 10.2 Å². The summed E-state index contributed by atoms with van der Waals surface area (Å²) in [6.07, 6.45) is 8.64. The van der Waals surface area contributed by atoms with Crippen molar-refractivity contribution < 1.29 is 9.90 Å². The predicted molar refractivity (Wildman–Crippen MR) is 80.9 cm³/mol. The first kappa shape index (κ1) is 15.8. The van der Waals surface area contributed by atoms with Crippen LogP contribution < -0.4 is 5.32 Å². The van der Waals surface area contributed by atoms with Gasteiger partial charge in [0.15, 0.2) is 0 Å². The summed E-state index contributed by atoms with van der Waals surface area (Å²) in [5.41, 5.74) is -0.667. The Labute approximate surface area is 122 Å². The molecule has 2 saturated carbocycles. The third-order valence-electron chi connectivity index (χ3n) is 4.87. The van der Waals surface area contributed by atoms with E-state index in [1.165, 1.54) is 25.7 Å². The van der Waals surface area contributed by atoms with E-state index in [0.717, 1.165) is 44.8 Å². The van der Waals surface area contributed by atoms with Gasteiger partial charge in [-0.3, -0.25) is 9.69 Å². The fourth-order valence-corrected chi connectivity index (χ4v) is 3.51. The van der Waals surface area contributed by atoms with Gasteiger partial charge in [-0.2, -0.15) is 0 Å². The number of unbranched alkanes of at least 4 members (excludes halogenated alkanes) is 1. The van der Waals surface area contributed by atoms with Gasteiger partial charge in [0.05, 0.1) is 0 Å². The van der Waals surface area contributed by atoms with E-state index >= 15 is 0 Å². The van der Waals surface area contributed by atoms with Crippen LogP contribution in [0, 0.1) is 0 Å². The molecule has 2 N–H and O–H groups in total. The second kappa shape index (κ2) is 6.90. The molecule has 0 aromatic rings. The van der Waals surface area contributed by atoms with Gasteiger partial charge in [-0.1, -0.05) is 20.3 Å². The average Bonchev–Trinajstić information content (AvgIpc) is 3.17. The molecule has 2 fully saturated rings. The molecule has 0 aliphatic heterocycles. The van der Waals surface area contributed by atoms with Crippen molar-refractivity contribution in [3.05, 3.63) is 0 Å². The molecule has 4 nitrogen and oxygen atoms in total. The lowest BCUT2D eigenvalue weighted by atomic mass is 9.97. The van der Waals surface area contributed by atoms with Crippen molar-refractivity contribution in [2.24, 2.45) is 0 Å². The standard InChI is InChI=1S/C16H30N2O2/c1-3-5-11-18(13-6-7-13)14-8-9-16(12-14,15(19)20)17-10-4-2/h13-14,17H,3-12H2,1-2H3,(H,19,20). The molecule has 0 spiro atoms. The zero-order chi connectivity index (χ0) is 14.6. The third-order valence-corrected chi connectivity index (χ3v) is 4.87. The SMILES string of the molecule is CCCCN(C1CC1)C1CCC(NCCC)(C(=O)O)C1. The van der Waals surface area contributed by atoms with Gasteiger partial charge in [0, 0.05) is 12.1 Å². The lowest BCUT2D eigenvalue weighted by molar-refractivity contribution is -0.144. The summed E-state index contributed by atoms with van der Waals surface area (Å²) >= 11 is 0. The van der Waals surface area contributed by atoms with Crippen LogP contribution in [0.3, 0.4) is 0 Å². The normalized spacial score (nSPS) is 30.1. The maximum absolute atomic E-state index is 11.7. The van der Waals surface area contributed by atoms with E-state index in [0.29, 0.717) is 6.04 Å². The van der Waals surface area contributed by atoms with Gasteiger partial charge >= 0.3 is 5.97 Å². The summed E-state index contributed by atoms with van der Waals surface area (Å²) in [5.74, 6) is -0.653. The first-order valence-electron chi connectivity index (χ1n) is 8.37. The number of carboxylic acid groups (broad SMARTS) is 1. The maximum Gasteiger partial charge on any atom is 0.323 e. The summed E-state index contributed by atoms with van der Waals surface area (Å²) < 4.78 is 0. The quantitative estimate of drug-likeness (QED) is 0.682. The van der Waals surface area contributed by atoms with E-state index in [9.17, 15) is 9.90 Å². The molecule has 0 saturated heterocycles. The van der Waals surface area contributed by atoms with E-state index < -0.39 is 11.5 Å². The van der Waals surface area contributed by atoms with E-state index in [2.05, 4.69) is 24.1 Å². The highest BCUT2D eigenvalue weighted by atomic mass is 16.4. The van der Waals surface area contributed by atoms with Gasteiger partial charge in [-0.15, -0.1) is 0 Å². The molecule has 2 aliphatic rings. The van der Waals surface area contributed by atoms with Crippen molar-refractivity contribution in [2.75, 3.05) is 13.1 Å². The van der Waals surface area contributed by atoms with Crippen LogP contribution in [-0.2, 0) is 4.79 Å². The molecule has 0 radical (unpaired) electrons. The minimum atomic E-state index is -0.667. The Hall–Kier alpha value is -0.610. The minimum absolute atomic E-state index is 0.467. The highest BCUT2D eigenvalue weighted by Crippen LogP contribution is 2.39. The minimum Gasteiger partial charge on any atom is -0.480 e. The second-order valence-electron chi connectivity index (χ2n) is 6.53. The Morgan fingerprint density at radius 1 is 1.25 bits per heavy atom. The summed E-state index contributed by atoms with van der Waals surface area (Å²) in [6, 6.07) is 1.21. The van der Waals surface area contributed by atoms with Crippen LogP contribution in [0.5, 0.6) is 0 Å². The number of aliphatic carboxylic acids is 1. The molecule has 2 atom stereocenters. The molecule has 2 unspecified atom stereocenters. The van der Waals surface area contributed by atoms with Crippen LogP contribution >= 0.6 is 0 Å². The zero-order valence-electron chi connectivity index (χ0n) is 13.0. The zero-order valence-corrected chi connectivity index (χ0v) is 13.0. The van der Waals surface area contributed by atoms with Crippen molar-refractivity contribution in [1.29, 1.82) is 0 Å². The van der Waals surface area contributed by atoms with Crippen molar-refractivity contribution in [3.63, 3.8) is 0 Å². The molecule has 116 valence electrons. The highest BCUT2D eigenvalue weighted by molar-refractivity contribution is 5.79. The highest BCUT2D eigenvalue weighted by Gasteiger charge is 2.48. The molecule has 0 amide bonds. The monoisotopic (exact) mass is 282 g/mol. The number of hydrogen-bond donors (Lipinski definition) is 2. The second-order valence-corrected chi connectivity index (χ2v) is 6.53. The van der Waals surface area contributed by atoms with E-state index in [1.807, 2.05) is 0 Å². The van der Waals surface area contributed by atoms with Gasteiger partial charge in [0.1, 0.15) is 5.54 Å². The molecular weight excluding hydrogens is 252 g/mol. The van der Waals surface area contributed by atoms with Crippen molar-refractivity contribution >= 4 is 5.97 Å². The molecule has 2 rings (SSSR count). The topological polar surface area (TPSA) is 52.6 Å². The molecular formula is C16H30N2O2. The number of rotatable bonds is 9. The van der Waals surface area contributed by atoms with E-state index in [-0.39, 0.29) is 0 Å². The van der Waals surface area contributed by atoms with E-state index in [1.54, 1.807) is 0 Å². The first-order valence-corrected chi connectivity index (χ1v) is 8.37. The molecule has 2 aliphatic carbocycles. The Balaban J connectivity index is 1.98. The first-order chi connectivity index (χ1) is 9.63. The van der Waals surface area contributed by atoms with Crippen LogP contribution in [0.1, 0.15) is 65.2 Å². The molecule has 0 bridgehead atoms. The van der Waals surface area contributed by atoms with E-state index in [4.69, 9.17) is 0 Å². The van der Waals surface area contributed by atoms with Gasteiger partial charge < -0.3 is 10.4 Å². The van der Waals surface area contributed by atoms with Crippen LogP contribution in [-0.4, -0.2) is 46.7 Å². The van der Waals surface area contributed by atoms with Gasteiger partial charge in [0.25, 0.3) is 0 Å². The lowest BCUT2D eigenvalue weighted by Crippen LogP contribution is -2.51. The number of hydrogen-bond acceptors (Lipinski definition) is 3. The van der Waals surface area contributed by atoms with Gasteiger partial charge in [-0.25, -0.2) is 0 Å². The van der Waals surface area contributed by atoms with Gasteiger partial charge in [0.2, 0.25) is 0 Å². The van der Waals surface area contributed by atoms with Crippen molar-refractivity contribution in [3.8, 4) is 0 Å². The summed E-state index contributed by atoms with van der Waals surface area (Å²) in [7, 11) is 0. The predicted octanol–water partition coefficient (Wildman–Crippen LogP) is 2.63. The molecule has 0 heterocycles. The Morgan fingerprint density at radius 3 is 2.55 bits per heavy atom. The Morgan fingerprint density at radius 2 is 2.00 bits per heavy atom. The number of nitrogens with one attached hydrogen (secondary N) is 1. The maximum atomic E-state index is 11.7. The fraction of sp³-hybridized carbons (Fsp3) is 0.938. The summed E-state index contributed by atoms with van der Waals surface area (Å²) in [4.78, 5) is 14.3. The third kappa shape index (κ3) is 3.53. The largest absolute Gasteiger partial charge is 0.480 e. The number of nitrogens with zero attached hydrogens (tertiary/aromatic N) is 1. The lowest BCUT2D eigenvalue weighted by Gasteiger charge is -2.31. The molecule has 0 aromatic heterocycles. The van der Waals surface area contributed by atoms with Crippen LogP contribution in [0.2, 0.25) is 0 Å². The summed E-state index contributed by atoms with van der Waals surface area (Å²) in [5, 5.41) is 13.0. The van der Waals surface area contributed by atoms with Crippen LogP contribution in [0.25, 0.3) is 0 Å². The number of carboxylic acids is 1. The Kier molecular flexibility index (Phi) is 5.44. The molecule has 0 aromatic carbocycles. The van der Waals surface area contributed by atoms with Gasteiger partial charge in [-0.05, 0) is 58.0 Å².